The summed E-state index contributed by atoms with van der Waals surface area (Å²) in [6.07, 6.45) is 1.42. The van der Waals surface area contributed by atoms with Gasteiger partial charge in [0.2, 0.25) is 0 Å². The number of ether oxygens (including phenoxy) is 2. The van der Waals surface area contributed by atoms with Gasteiger partial charge in [0.05, 0.1) is 20.5 Å². The molecule has 3 nitrogen and oxygen atoms in total. The molecule has 0 bridgehead atoms. The lowest BCUT2D eigenvalue weighted by Gasteiger charge is -2.11. The maximum Gasteiger partial charge on any atom is 0.341 e. The Kier molecular flexibility index (Phi) is 6.10. The first kappa shape index (κ1) is 16.2. The molecule has 0 N–H and O–H groups in total. The predicted molar refractivity (Wildman–Crippen MR) is 89.4 cm³/mol. The smallest absolute Gasteiger partial charge is 0.341 e. The minimum absolute atomic E-state index is 0.408. The summed E-state index contributed by atoms with van der Waals surface area (Å²) < 4.78 is 9.87. The van der Waals surface area contributed by atoms with Crippen LogP contribution in [-0.2, 0) is 20.0 Å². The highest BCUT2D eigenvalue weighted by molar-refractivity contribution is 7.98. The van der Waals surface area contributed by atoms with Crippen molar-refractivity contribution in [1.82, 2.24) is 0 Å². The largest absolute Gasteiger partial charge is 0.503 e. The van der Waals surface area contributed by atoms with Crippen molar-refractivity contribution >= 4 is 23.3 Å². The van der Waals surface area contributed by atoms with Gasteiger partial charge < -0.3 is 9.47 Å². The van der Waals surface area contributed by atoms with Gasteiger partial charge in [-0.25, -0.2) is 4.79 Å². The summed E-state index contributed by atoms with van der Waals surface area (Å²) in [5.41, 5.74) is 2.47. The van der Waals surface area contributed by atoms with Crippen molar-refractivity contribution in [3.63, 3.8) is 0 Å². The molecule has 0 unspecified atom stereocenters. The van der Waals surface area contributed by atoms with Crippen molar-refractivity contribution in [3.05, 3.63) is 72.0 Å². The molecule has 114 valence electrons. The van der Waals surface area contributed by atoms with E-state index < -0.39 is 5.97 Å². The average molecular weight is 314 g/mol. The Labute approximate surface area is 135 Å². The van der Waals surface area contributed by atoms with Crippen molar-refractivity contribution in [3.8, 4) is 0 Å². The van der Waals surface area contributed by atoms with E-state index in [1.54, 1.807) is 11.8 Å². The second-order valence-electron chi connectivity index (χ2n) is 4.53. The SMILES string of the molecule is CO/C=C(/C(=O)OC)c1ccccc1SCc1ccccc1. The fraction of sp³-hybridized carbons (Fsp3) is 0.167. The molecule has 0 aliphatic carbocycles. The van der Waals surface area contributed by atoms with Gasteiger partial charge in [0, 0.05) is 16.2 Å². The molecular weight excluding hydrogens is 296 g/mol. The first-order valence-electron chi connectivity index (χ1n) is 6.83. The molecule has 0 aliphatic heterocycles. The van der Waals surface area contributed by atoms with Gasteiger partial charge in [0.15, 0.2) is 0 Å². The number of carbonyl (C=O) groups is 1. The zero-order chi connectivity index (χ0) is 15.8. The van der Waals surface area contributed by atoms with Crippen LogP contribution in [0, 0.1) is 0 Å². The zero-order valence-electron chi connectivity index (χ0n) is 12.6. The minimum atomic E-state index is -0.408. The quantitative estimate of drug-likeness (QED) is 0.347. The van der Waals surface area contributed by atoms with Crippen molar-refractivity contribution in [2.45, 2.75) is 10.6 Å². The summed E-state index contributed by atoms with van der Waals surface area (Å²) in [6, 6.07) is 18.0. The van der Waals surface area contributed by atoms with Gasteiger partial charge in [0.1, 0.15) is 5.57 Å². The topological polar surface area (TPSA) is 35.5 Å². The lowest BCUT2D eigenvalue weighted by Crippen LogP contribution is -2.05. The molecule has 2 aromatic rings. The van der Waals surface area contributed by atoms with Crippen LogP contribution >= 0.6 is 11.8 Å². The van der Waals surface area contributed by atoms with Gasteiger partial charge in [0.25, 0.3) is 0 Å². The van der Waals surface area contributed by atoms with Gasteiger partial charge in [-0.2, -0.15) is 0 Å². The third-order valence-corrected chi connectivity index (χ3v) is 4.20. The molecule has 0 radical (unpaired) electrons. The maximum atomic E-state index is 11.9. The van der Waals surface area contributed by atoms with Crippen LogP contribution < -0.4 is 0 Å². The van der Waals surface area contributed by atoms with E-state index in [9.17, 15) is 4.79 Å². The maximum absolute atomic E-state index is 11.9. The molecule has 0 heterocycles. The highest BCUT2D eigenvalue weighted by atomic mass is 32.2. The number of hydrogen-bond donors (Lipinski definition) is 0. The third-order valence-electron chi connectivity index (χ3n) is 3.06. The first-order chi connectivity index (χ1) is 10.8. The number of esters is 1. The molecule has 2 aromatic carbocycles. The summed E-state index contributed by atoms with van der Waals surface area (Å²) in [7, 11) is 2.88. The molecule has 2 rings (SSSR count). The predicted octanol–water partition coefficient (Wildman–Crippen LogP) is 4.14. The number of hydrogen-bond acceptors (Lipinski definition) is 4. The van der Waals surface area contributed by atoms with Crippen LogP contribution in [0.3, 0.4) is 0 Å². The summed E-state index contributed by atoms with van der Waals surface area (Å²) in [4.78, 5) is 13.0. The Bertz CT molecular complexity index is 650. The second kappa shape index (κ2) is 8.29. The molecule has 0 saturated heterocycles. The summed E-state index contributed by atoms with van der Waals surface area (Å²) in [5, 5.41) is 0. The number of carbonyl (C=O) groups excluding carboxylic acids is 1. The first-order valence-corrected chi connectivity index (χ1v) is 7.82. The van der Waals surface area contributed by atoms with E-state index >= 15 is 0 Å². The Morgan fingerprint density at radius 2 is 1.73 bits per heavy atom. The van der Waals surface area contributed by atoms with E-state index in [1.165, 1.54) is 26.0 Å². The van der Waals surface area contributed by atoms with E-state index in [0.717, 1.165) is 16.2 Å². The number of benzene rings is 2. The number of rotatable bonds is 6. The van der Waals surface area contributed by atoms with Crippen LogP contribution in [0.1, 0.15) is 11.1 Å². The molecule has 4 heteroatoms. The highest BCUT2D eigenvalue weighted by Gasteiger charge is 2.16. The lowest BCUT2D eigenvalue weighted by molar-refractivity contribution is -0.133. The molecule has 22 heavy (non-hydrogen) atoms. The van der Waals surface area contributed by atoms with Crippen molar-refractivity contribution in [2.24, 2.45) is 0 Å². The fourth-order valence-electron chi connectivity index (χ4n) is 2.00. The second-order valence-corrected chi connectivity index (χ2v) is 5.55. The van der Waals surface area contributed by atoms with E-state index in [0.29, 0.717) is 5.57 Å². The van der Waals surface area contributed by atoms with Crippen LogP contribution in [-0.4, -0.2) is 20.2 Å². The van der Waals surface area contributed by atoms with E-state index in [-0.39, 0.29) is 0 Å². The number of methoxy groups -OCH3 is 2. The molecule has 0 saturated carbocycles. The fourth-order valence-corrected chi connectivity index (χ4v) is 3.02. The molecule has 0 spiro atoms. The Balaban J connectivity index is 2.26. The molecule has 0 aliphatic rings. The molecular formula is C18H18O3S. The van der Waals surface area contributed by atoms with Gasteiger partial charge in [-0.1, -0.05) is 48.5 Å². The summed E-state index contributed by atoms with van der Waals surface area (Å²) in [6.45, 7) is 0. The van der Waals surface area contributed by atoms with Gasteiger partial charge >= 0.3 is 5.97 Å². The van der Waals surface area contributed by atoms with Crippen LogP contribution in [0.4, 0.5) is 0 Å². The monoisotopic (exact) mass is 314 g/mol. The van der Waals surface area contributed by atoms with Crippen molar-refractivity contribution < 1.29 is 14.3 Å². The Morgan fingerprint density at radius 1 is 1.05 bits per heavy atom. The van der Waals surface area contributed by atoms with Gasteiger partial charge in [-0.3, -0.25) is 0 Å². The summed E-state index contributed by atoms with van der Waals surface area (Å²) >= 11 is 1.68. The Hall–Kier alpha value is -2.20. The zero-order valence-corrected chi connectivity index (χ0v) is 13.4. The van der Waals surface area contributed by atoms with Crippen LogP contribution in [0.15, 0.2) is 65.8 Å². The van der Waals surface area contributed by atoms with E-state index in [2.05, 4.69) is 12.1 Å². The molecule has 0 fully saturated rings. The lowest BCUT2D eigenvalue weighted by atomic mass is 10.1. The number of thioether (sulfide) groups is 1. The normalized spacial score (nSPS) is 11.1. The minimum Gasteiger partial charge on any atom is -0.503 e. The van der Waals surface area contributed by atoms with Crippen LogP contribution in [0.25, 0.3) is 5.57 Å². The van der Waals surface area contributed by atoms with Crippen molar-refractivity contribution in [2.75, 3.05) is 14.2 Å². The molecule has 0 aromatic heterocycles. The summed E-state index contributed by atoms with van der Waals surface area (Å²) in [5.74, 6) is 0.425. The van der Waals surface area contributed by atoms with E-state index in [4.69, 9.17) is 9.47 Å². The molecule has 0 atom stereocenters. The van der Waals surface area contributed by atoms with Gasteiger partial charge in [-0.05, 0) is 11.6 Å². The van der Waals surface area contributed by atoms with Gasteiger partial charge in [-0.15, -0.1) is 11.8 Å². The van der Waals surface area contributed by atoms with Crippen LogP contribution in [0.2, 0.25) is 0 Å². The third kappa shape index (κ3) is 4.15. The highest BCUT2D eigenvalue weighted by Crippen LogP contribution is 2.31. The average Bonchev–Trinajstić information content (AvgIpc) is 2.58. The molecule has 0 amide bonds. The Morgan fingerprint density at radius 3 is 2.41 bits per heavy atom. The van der Waals surface area contributed by atoms with Crippen LogP contribution in [0.5, 0.6) is 0 Å². The van der Waals surface area contributed by atoms with E-state index in [1.807, 2.05) is 42.5 Å². The van der Waals surface area contributed by atoms with Crippen molar-refractivity contribution in [1.29, 1.82) is 0 Å². The standard InChI is InChI=1S/C18H18O3S/c1-20-12-16(18(19)21-2)15-10-6-7-11-17(15)22-13-14-8-4-3-5-9-14/h3-12H,13H2,1-2H3/b16-12+.